The van der Waals surface area contributed by atoms with E-state index in [2.05, 4.69) is 40.0 Å². The van der Waals surface area contributed by atoms with E-state index in [1.165, 1.54) is 11.8 Å². The molecule has 0 unspecified atom stereocenters. The number of ketones is 1. The zero-order chi connectivity index (χ0) is 17.1. The van der Waals surface area contributed by atoms with E-state index in [1.54, 1.807) is 6.26 Å². The number of thioether (sulfide) groups is 1. The monoisotopic (exact) mass is 405 g/mol. The van der Waals surface area contributed by atoms with Crippen molar-refractivity contribution < 1.29 is 9.21 Å². The Kier molecular flexibility index (Phi) is 5.20. The minimum atomic E-state index is 0.0605. The van der Waals surface area contributed by atoms with Gasteiger partial charge in [-0.2, -0.15) is 0 Å². The van der Waals surface area contributed by atoms with Gasteiger partial charge in [-0.3, -0.25) is 9.36 Å². The predicted molar refractivity (Wildman–Crippen MR) is 97.3 cm³/mol. The number of hydrogen-bond donors (Lipinski definition) is 0. The van der Waals surface area contributed by atoms with E-state index in [9.17, 15) is 4.79 Å². The van der Waals surface area contributed by atoms with Crippen molar-refractivity contribution in [2.24, 2.45) is 0 Å². The highest BCUT2D eigenvalue weighted by Crippen LogP contribution is 2.28. The van der Waals surface area contributed by atoms with E-state index < -0.39 is 0 Å². The molecule has 5 nitrogen and oxygen atoms in total. The maximum Gasteiger partial charge on any atom is 0.200 e. The third kappa shape index (κ3) is 3.62. The lowest BCUT2D eigenvalue weighted by molar-refractivity contribution is 0.102. The lowest BCUT2D eigenvalue weighted by Gasteiger charge is -2.12. The molecule has 0 N–H and O–H groups in total. The second kappa shape index (κ2) is 7.36. The van der Waals surface area contributed by atoms with E-state index in [4.69, 9.17) is 4.42 Å². The Morgan fingerprint density at radius 2 is 2.00 bits per heavy atom. The third-order valence-electron chi connectivity index (χ3n) is 3.42. The summed E-state index contributed by atoms with van der Waals surface area (Å²) >= 11 is 4.76. The van der Waals surface area contributed by atoms with Crippen molar-refractivity contribution >= 4 is 33.5 Å². The van der Waals surface area contributed by atoms with Crippen molar-refractivity contribution in [3.8, 4) is 11.6 Å². The van der Waals surface area contributed by atoms with Gasteiger partial charge in [0.05, 0.1) is 12.0 Å². The van der Waals surface area contributed by atoms with E-state index in [0.29, 0.717) is 28.1 Å². The number of hydrogen-bond acceptors (Lipinski definition) is 5. The number of rotatable bonds is 6. The van der Waals surface area contributed by atoms with Gasteiger partial charge in [-0.05, 0) is 38.1 Å². The van der Waals surface area contributed by atoms with Crippen molar-refractivity contribution in [2.75, 3.05) is 5.75 Å². The fraction of sp³-hybridized carbons (Fsp3) is 0.235. The molecule has 0 aliphatic carbocycles. The molecular weight excluding hydrogens is 390 g/mol. The van der Waals surface area contributed by atoms with E-state index >= 15 is 0 Å². The van der Waals surface area contributed by atoms with E-state index in [0.717, 1.165) is 4.47 Å². The second-order valence-corrected chi connectivity index (χ2v) is 7.32. The normalized spacial score (nSPS) is 11.2. The Labute approximate surface area is 152 Å². The molecule has 0 bridgehead atoms. The number of carbonyl (C=O) groups excluding carboxylic acids is 1. The molecule has 24 heavy (non-hydrogen) atoms. The third-order valence-corrected chi connectivity index (χ3v) is 4.89. The molecule has 0 saturated heterocycles. The van der Waals surface area contributed by atoms with Crippen molar-refractivity contribution in [1.82, 2.24) is 14.8 Å². The Bertz CT molecular complexity index is 826. The summed E-state index contributed by atoms with van der Waals surface area (Å²) < 4.78 is 8.36. The average molecular weight is 406 g/mol. The van der Waals surface area contributed by atoms with Crippen LogP contribution >= 0.6 is 27.7 Å². The van der Waals surface area contributed by atoms with Crippen LogP contribution in [0.5, 0.6) is 0 Å². The van der Waals surface area contributed by atoms with Gasteiger partial charge in [0.25, 0.3) is 0 Å². The van der Waals surface area contributed by atoms with Crippen LogP contribution in [-0.4, -0.2) is 26.3 Å². The van der Waals surface area contributed by atoms with Crippen LogP contribution in [0.1, 0.15) is 30.2 Å². The molecule has 0 radical (unpaired) electrons. The molecule has 0 spiro atoms. The lowest BCUT2D eigenvalue weighted by atomic mass is 10.2. The van der Waals surface area contributed by atoms with Crippen LogP contribution < -0.4 is 0 Å². The first-order valence-corrected chi connectivity index (χ1v) is 9.24. The first-order valence-electron chi connectivity index (χ1n) is 7.46. The van der Waals surface area contributed by atoms with Gasteiger partial charge in [0.15, 0.2) is 16.7 Å². The minimum absolute atomic E-state index is 0.0605. The molecule has 7 heteroatoms. The molecule has 2 heterocycles. The minimum Gasteiger partial charge on any atom is -0.461 e. The molecular formula is C17H16BrN3O2S. The Morgan fingerprint density at radius 1 is 1.25 bits per heavy atom. The van der Waals surface area contributed by atoms with Crippen LogP contribution in [0.25, 0.3) is 11.6 Å². The molecule has 3 rings (SSSR count). The SMILES string of the molecule is CC(C)n1c(SCC(=O)c2ccc(Br)cc2)nnc1-c1ccco1. The number of benzene rings is 1. The van der Waals surface area contributed by atoms with Crippen LogP contribution in [0.2, 0.25) is 0 Å². The Morgan fingerprint density at radius 3 is 2.62 bits per heavy atom. The molecule has 124 valence electrons. The molecule has 0 atom stereocenters. The molecule has 0 amide bonds. The smallest absolute Gasteiger partial charge is 0.200 e. The van der Waals surface area contributed by atoms with E-state index in [-0.39, 0.29) is 11.8 Å². The predicted octanol–water partition coefficient (Wildman–Crippen LogP) is 4.86. The summed E-state index contributed by atoms with van der Waals surface area (Å²) in [5.74, 6) is 1.71. The van der Waals surface area contributed by atoms with Crippen LogP contribution in [-0.2, 0) is 0 Å². The van der Waals surface area contributed by atoms with Gasteiger partial charge in [-0.15, -0.1) is 10.2 Å². The number of halogens is 1. The van der Waals surface area contributed by atoms with Crippen molar-refractivity contribution in [1.29, 1.82) is 0 Å². The van der Waals surface area contributed by atoms with Crippen LogP contribution in [0.3, 0.4) is 0 Å². The molecule has 1 aromatic carbocycles. The highest BCUT2D eigenvalue weighted by molar-refractivity contribution is 9.10. The number of Topliss-reactive ketones (excluding diaryl/α,β-unsaturated/α-hetero) is 1. The van der Waals surface area contributed by atoms with Crippen LogP contribution in [0, 0.1) is 0 Å². The van der Waals surface area contributed by atoms with Gasteiger partial charge >= 0.3 is 0 Å². The summed E-state index contributed by atoms with van der Waals surface area (Å²) in [7, 11) is 0. The molecule has 0 aliphatic rings. The Balaban J connectivity index is 1.78. The van der Waals surface area contributed by atoms with Gasteiger partial charge in [-0.25, -0.2) is 0 Å². The van der Waals surface area contributed by atoms with Gasteiger partial charge in [0, 0.05) is 16.1 Å². The summed E-state index contributed by atoms with van der Waals surface area (Å²) in [4.78, 5) is 12.3. The van der Waals surface area contributed by atoms with Gasteiger partial charge < -0.3 is 4.42 Å². The summed E-state index contributed by atoms with van der Waals surface area (Å²) in [5.41, 5.74) is 0.688. The molecule has 0 saturated carbocycles. The zero-order valence-corrected chi connectivity index (χ0v) is 15.7. The second-order valence-electron chi connectivity index (χ2n) is 5.47. The quantitative estimate of drug-likeness (QED) is 0.432. The number of nitrogens with zero attached hydrogens (tertiary/aromatic N) is 3. The molecule has 0 aliphatic heterocycles. The first-order chi connectivity index (χ1) is 11.6. The topological polar surface area (TPSA) is 60.9 Å². The first kappa shape index (κ1) is 17.0. The fourth-order valence-electron chi connectivity index (χ4n) is 2.26. The van der Waals surface area contributed by atoms with Crippen LogP contribution in [0.4, 0.5) is 0 Å². The number of aromatic nitrogens is 3. The largest absolute Gasteiger partial charge is 0.461 e. The lowest BCUT2D eigenvalue weighted by Crippen LogP contribution is -2.07. The number of carbonyl (C=O) groups is 1. The molecule has 3 aromatic rings. The standard InChI is InChI=1S/C17H16BrN3O2S/c1-11(2)21-16(15-4-3-9-23-15)19-20-17(21)24-10-14(22)12-5-7-13(18)8-6-12/h3-9,11H,10H2,1-2H3. The molecule has 2 aromatic heterocycles. The maximum atomic E-state index is 12.3. The van der Waals surface area contributed by atoms with Crippen LogP contribution in [0.15, 0.2) is 56.7 Å². The Hall–Kier alpha value is -1.86. The molecule has 0 fully saturated rings. The average Bonchev–Trinajstić information content (AvgIpc) is 3.22. The van der Waals surface area contributed by atoms with Gasteiger partial charge in [0.2, 0.25) is 5.82 Å². The summed E-state index contributed by atoms with van der Waals surface area (Å²) in [6, 6.07) is 11.2. The van der Waals surface area contributed by atoms with Crippen molar-refractivity contribution in [3.05, 3.63) is 52.7 Å². The van der Waals surface area contributed by atoms with E-state index in [1.807, 2.05) is 41.0 Å². The van der Waals surface area contributed by atoms with Gasteiger partial charge in [0.1, 0.15) is 0 Å². The zero-order valence-electron chi connectivity index (χ0n) is 13.3. The maximum absolute atomic E-state index is 12.3. The highest BCUT2D eigenvalue weighted by Gasteiger charge is 2.19. The summed E-state index contributed by atoms with van der Waals surface area (Å²) in [6.45, 7) is 4.10. The van der Waals surface area contributed by atoms with Gasteiger partial charge in [-0.1, -0.05) is 39.8 Å². The summed E-state index contributed by atoms with van der Waals surface area (Å²) in [6.07, 6.45) is 1.61. The fourth-order valence-corrected chi connectivity index (χ4v) is 3.49. The van der Waals surface area contributed by atoms with Crippen molar-refractivity contribution in [2.45, 2.75) is 25.0 Å². The number of furan rings is 1. The van der Waals surface area contributed by atoms with Crippen molar-refractivity contribution in [3.63, 3.8) is 0 Å². The summed E-state index contributed by atoms with van der Waals surface area (Å²) in [5, 5.41) is 9.16. The highest BCUT2D eigenvalue weighted by atomic mass is 79.9.